The number of carboxylic acids is 1. The average molecular weight is 380 g/mol. The predicted octanol–water partition coefficient (Wildman–Crippen LogP) is 3.47. The Hall–Kier alpha value is -3.15. The normalized spacial score (nSPS) is 19.9. The lowest BCUT2D eigenvalue weighted by Crippen LogP contribution is -2.35. The van der Waals surface area contributed by atoms with E-state index < -0.39 is 23.8 Å². The quantitative estimate of drug-likeness (QED) is 0.685. The first-order chi connectivity index (χ1) is 13.4. The number of hydrogen-bond donors (Lipinski definition) is 3. The molecule has 28 heavy (non-hydrogen) atoms. The molecule has 3 N–H and O–H groups in total. The van der Waals surface area contributed by atoms with Crippen LogP contribution in [0.5, 0.6) is 0 Å². The number of amides is 2. The third kappa shape index (κ3) is 4.57. The summed E-state index contributed by atoms with van der Waals surface area (Å²) in [6, 6.07) is 15.0. The molecule has 6 nitrogen and oxygen atoms in total. The first kappa shape index (κ1) is 19.6. The van der Waals surface area contributed by atoms with Crippen molar-refractivity contribution in [1.29, 1.82) is 0 Å². The summed E-state index contributed by atoms with van der Waals surface area (Å²) in [4.78, 5) is 36.4. The van der Waals surface area contributed by atoms with Crippen molar-refractivity contribution in [3.63, 3.8) is 0 Å². The lowest BCUT2D eigenvalue weighted by molar-refractivity contribution is -0.142. The topological polar surface area (TPSA) is 95.5 Å². The zero-order chi connectivity index (χ0) is 20.3. The Kier molecular flexibility index (Phi) is 5.78. The van der Waals surface area contributed by atoms with Gasteiger partial charge in [-0.25, -0.2) is 0 Å². The number of carboxylic acid groups (broad SMARTS) is 1. The van der Waals surface area contributed by atoms with Gasteiger partial charge in [0.05, 0.1) is 12.0 Å². The van der Waals surface area contributed by atoms with E-state index in [4.69, 9.17) is 0 Å². The van der Waals surface area contributed by atoms with Crippen molar-refractivity contribution in [2.75, 3.05) is 5.32 Å². The number of carbonyl (C=O) groups is 3. The maximum absolute atomic E-state index is 12.8. The van der Waals surface area contributed by atoms with Gasteiger partial charge < -0.3 is 15.7 Å². The van der Waals surface area contributed by atoms with Crippen LogP contribution in [-0.4, -0.2) is 22.9 Å². The van der Waals surface area contributed by atoms with Crippen molar-refractivity contribution in [1.82, 2.24) is 5.32 Å². The van der Waals surface area contributed by atoms with E-state index in [1.165, 1.54) is 0 Å². The molecule has 0 aromatic heterocycles. The highest BCUT2D eigenvalue weighted by molar-refractivity contribution is 5.98. The number of anilines is 1. The van der Waals surface area contributed by atoms with Crippen LogP contribution in [0, 0.1) is 17.8 Å². The molecular formula is C22H24N2O4. The molecule has 0 radical (unpaired) electrons. The Labute approximate surface area is 164 Å². The summed E-state index contributed by atoms with van der Waals surface area (Å²) in [6.07, 6.45) is 0.887. The van der Waals surface area contributed by atoms with E-state index in [2.05, 4.69) is 10.6 Å². The van der Waals surface area contributed by atoms with Gasteiger partial charge in [-0.15, -0.1) is 0 Å². The Bertz CT molecular complexity index is 881. The summed E-state index contributed by atoms with van der Waals surface area (Å²) in [5.41, 5.74) is 1.64. The summed E-state index contributed by atoms with van der Waals surface area (Å²) in [5, 5.41) is 15.1. The van der Waals surface area contributed by atoms with Crippen molar-refractivity contribution < 1.29 is 19.5 Å². The van der Waals surface area contributed by atoms with Crippen LogP contribution in [0.1, 0.15) is 42.2 Å². The van der Waals surface area contributed by atoms with Crippen LogP contribution in [0.3, 0.4) is 0 Å². The summed E-state index contributed by atoms with van der Waals surface area (Å²) in [5.74, 6) is -1.78. The monoisotopic (exact) mass is 380 g/mol. The molecule has 4 unspecified atom stereocenters. The third-order valence-electron chi connectivity index (χ3n) is 5.17. The van der Waals surface area contributed by atoms with E-state index >= 15 is 0 Å². The predicted molar refractivity (Wildman–Crippen MR) is 106 cm³/mol. The lowest BCUT2D eigenvalue weighted by atomic mass is 9.94. The molecule has 2 amide bonds. The van der Waals surface area contributed by atoms with Crippen molar-refractivity contribution in [3.8, 4) is 0 Å². The molecule has 0 saturated heterocycles. The minimum Gasteiger partial charge on any atom is -0.481 e. The molecule has 0 bridgehead atoms. The second-order valence-electron chi connectivity index (χ2n) is 7.38. The van der Waals surface area contributed by atoms with E-state index in [1.807, 2.05) is 13.0 Å². The molecule has 1 saturated carbocycles. The van der Waals surface area contributed by atoms with Gasteiger partial charge in [0.25, 0.3) is 5.91 Å². The molecule has 0 aliphatic heterocycles. The van der Waals surface area contributed by atoms with Crippen LogP contribution >= 0.6 is 0 Å². The van der Waals surface area contributed by atoms with E-state index in [-0.39, 0.29) is 11.8 Å². The second kappa shape index (κ2) is 8.25. The molecule has 2 aromatic rings. The van der Waals surface area contributed by atoms with Gasteiger partial charge in [-0.2, -0.15) is 0 Å². The van der Waals surface area contributed by atoms with Crippen LogP contribution in [0.4, 0.5) is 5.69 Å². The van der Waals surface area contributed by atoms with Crippen molar-refractivity contribution >= 4 is 23.5 Å². The van der Waals surface area contributed by atoms with Gasteiger partial charge >= 0.3 is 5.97 Å². The lowest BCUT2D eigenvalue weighted by Gasteiger charge is -2.23. The Morgan fingerprint density at radius 2 is 1.75 bits per heavy atom. The molecule has 1 fully saturated rings. The number of aliphatic carboxylic acids is 1. The molecule has 1 aliphatic rings. The Morgan fingerprint density at radius 1 is 1.07 bits per heavy atom. The van der Waals surface area contributed by atoms with Gasteiger partial charge in [0, 0.05) is 17.2 Å². The molecular weight excluding hydrogens is 356 g/mol. The second-order valence-corrected chi connectivity index (χ2v) is 7.38. The highest BCUT2D eigenvalue weighted by atomic mass is 16.4. The van der Waals surface area contributed by atoms with Crippen LogP contribution in [0.25, 0.3) is 0 Å². The van der Waals surface area contributed by atoms with Crippen LogP contribution in [-0.2, 0) is 9.59 Å². The fourth-order valence-corrected chi connectivity index (χ4v) is 3.19. The number of hydrogen-bond acceptors (Lipinski definition) is 3. The molecule has 3 rings (SSSR count). The Morgan fingerprint density at radius 3 is 2.36 bits per heavy atom. The number of carbonyl (C=O) groups excluding carboxylic acids is 2. The summed E-state index contributed by atoms with van der Waals surface area (Å²) >= 11 is 0. The Balaban J connectivity index is 1.75. The van der Waals surface area contributed by atoms with E-state index in [9.17, 15) is 19.5 Å². The molecule has 1 aliphatic carbocycles. The first-order valence-electron chi connectivity index (χ1n) is 9.36. The summed E-state index contributed by atoms with van der Waals surface area (Å²) < 4.78 is 0. The molecule has 2 aromatic carbocycles. The highest BCUT2D eigenvalue weighted by Gasteiger charge is 2.39. The van der Waals surface area contributed by atoms with Crippen LogP contribution in [0.15, 0.2) is 54.6 Å². The van der Waals surface area contributed by atoms with E-state index in [0.29, 0.717) is 17.2 Å². The highest BCUT2D eigenvalue weighted by Crippen LogP contribution is 2.38. The maximum Gasteiger partial charge on any atom is 0.308 e. The third-order valence-corrected chi connectivity index (χ3v) is 5.17. The molecule has 4 atom stereocenters. The maximum atomic E-state index is 12.8. The van der Waals surface area contributed by atoms with Gasteiger partial charge in [-0.3, -0.25) is 14.4 Å². The van der Waals surface area contributed by atoms with Gasteiger partial charge in [0.15, 0.2) is 0 Å². The summed E-state index contributed by atoms with van der Waals surface area (Å²) in [7, 11) is 0. The van der Waals surface area contributed by atoms with Crippen LogP contribution < -0.4 is 10.6 Å². The molecule has 0 heterocycles. The zero-order valence-electron chi connectivity index (χ0n) is 15.9. The fraction of sp³-hybridized carbons (Fsp3) is 0.318. The van der Waals surface area contributed by atoms with Gasteiger partial charge in [-0.1, -0.05) is 43.3 Å². The van der Waals surface area contributed by atoms with Gasteiger partial charge in [0.1, 0.15) is 0 Å². The minimum atomic E-state index is -0.992. The fourth-order valence-electron chi connectivity index (χ4n) is 3.19. The van der Waals surface area contributed by atoms with Gasteiger partial charge in [-0.05, 0) is 43.0 Å². The van der Waals surface area contributed by atoms with E-state index in [0.717, 1.165) is 12.0 Å². The largest absolute Gasteiger partial charge is 0.481 e. The first-order valence-corrected chi connectivity index (χ1v) is 9.36. The molecule has 6 heteroatoms. The van der Waals surface area contributed by atoms with Crippen molar-refractivity contribution in [3.05, 3.63) is 65.7 Å². The average Bonchev–Trinajstić information content (AvgIpc) is 3.43. The standard InChI is InChI=1S/C22H24N2O4/c1-13-11-18(13)21(26)23-17-10-6-9-16(12-17)20(25)24-19(14(2)22(27)28)15-7-4-3-5-8-15/h3-10,12-14,18-19H,11H2,1-2H3,(H,23,26)(H,24,25)(H,27,28). The summed E-state index contributed by atoms with van der Waals surface area (Å²) in [6.45, 7) is 3.59. The van der Waals surface area contributed by atoms with Gasteiger partial charge in [0.2, 0.25) is 5.91 Å². The van der Waals surface area contributed by atoms with Crippen LogP contribution in [0.2, 0.25) is 0 Å². The zero-order valence-corrected chi connectivity index (χ0v) is 15.9. The van der Waals surface area contributed by atoms with Crippen molar-refractivity contribution in [2.24, 2.45) is 17.8 Å². The molecule has 146 valence electrons. The van der Waals surface area contributed by atoms with Crippen molar-refractivity contribution in [2.45, 2.75) is 26.3 Å². The SMILES string of the molecule is CC1CC1C(=O)Nc1cccc(C(=O)NC(c2ccccc2)C(C)C(=O)O)c1. The number of benzene rings is 2. The number of nitrogens with one attached hydrogen (secondary N) is 2. The minimum absolute atomic E-state index is 0.0354. The molecule has 0 spiro atoms. The number of rotatable bonds is 7. The van der Waals surface area contributed by atoms with E-state index in [1.54, 1.807) is 55.5 Å². The smallest absolute Gasteiger partial charge is 0.308 e.